The summed E-state index contributed by atoms with van der Waals surface area (Å²) in [6.45, 7) is 2.14. The molecule has 0 bridgehead atoms. The number of rotatable bonds is 4. The normalized spacial score (nSPS) is 11.5. The van der Waals surface area contributed by atoms with Crippen molar-refractivity contribution in [1.82, 2.24) is 9.55 Å². The van der Waals surface area contributed by atoms with Crippen molar-refractivity contribution in [2.24, 2.45) is 0 Å². The number of fused-ring (bicyclic) bond motifs is 3. The molecular weight excluding hydrogens is 500 g/mol. The fraction of sp³-hybridized carbons (Fsp3) is 0.0263. The van der Waals surface area contributed by atoms with E-state index < -0.39 is 0 Å². The van der Waals surface area contributed by atoms with Gasteiger partial charge in [-0.3, -0.25) is 4.57 Å². The van der Waals surface area contributed by atoms with Crippen LogP contribution in [0.2, 0.25) is 0 Å². The van der Waals surface area contributed by atoms with Gasteiger partial charge in [-0.2, -0.15) is 0 Å². The molecule has 3 nitrogen and oxygen atoms in total. The molecule has 0 spiro atoms. The third-order valence-electron chi connectivity index (χ3n) is 8.02. The first-order valence-electron chi connectivity index (χ1n) is 13.9. The third-order valence-corrected chi connectivity index (χ3v) is 8.02. The summed E-state index contributed by atoms with van der Waals surface area (Å²) in [4.78, 5) is 5.25. The Hall–Kier alpha value is -5.41. The maximum Gasteiger partial charge on any atom is 0.149 e. The first-order valence-corrected chi connectivity index (χ1v) is 13.9. The maximum atomic E-state index is 6.23. The van der Waals surface area contributed by atoms with Crippen LogP contribution in [0.1, 0.15) is 5.56 Å². The van der Waals surface area contributed by atoms with E-state index in [0.717, 1.165) is 61.3 Å². The van der Waals surface area contributed by atoms with Gasteiger partial charge in [0, 0.05) is 16.5 Å². The van der Waals surface area contributed by atoms with Crippen molar-refractivity contribution in [2.75, 3.05) is 0 Å². The molecule has 0 radical (unpaired) electrons. The van der Waals surface area contributed by atoms with Crippen molar-refractivity contribution in [3.05, 3.63) is 145 Å². The second-order valence-electron chi connectivity index (χ2n) is 10.5. The summed E-state index contributed by atoms with van der Waals surface area (Å²) in [7, 11) is 0. The van der Waals surface area contributed by atoms with Crippen molar-refractivity contribution in [3.8, 4) is 39.3 Å². The van der Waals surface area contributed by atoms with Gasteiger partial charge in [0.1, 0.15) is 17.7 Å². The molecule has 0 aliphatic rings. The predicted octanol–water partition coefficient (Wildman–Crippen LogP) is 10.2. The minimum atomic E-state index is 0.859. The molecule has 0 saturated heterocycles. The average Bonchev–Trinajstić information content (AvgIpc) is 3.62. The number of hydrogen-bond donors (Lipinski definition) is 0. The molecule has 2 heterocycles. The Balaban J connectivity index is 1.50. The summed E-state index contributed by atoms with van der Waals surface area (Å²) < 4.78 is 8.55. The molecule has 41 heavy (non-hydrogen) atoms. The number of nitrogens with zero attached hydrogens (tertiary/aromatic N) is 2. The highest BCUT2D eigenvalue weighted by Gasteiger charge is 2.23. The van der Waals surface area contributed by atoms with Gasteiger partial charge >= 0.3 is 0 Å². The van der Waals surface area contributed by atoms with Crippen LogP contribution in [0.3, 0.4) is 0 Å². The van der Waals surface area contributed by atoms with Crippen molar-refractivity contribution >= 4 is 32.8 Å². The third kappa shape index (κ3) is 3.78. The van der Waals surface area contributed by atoms with Gasteiger partial charge in [0.2, 0.25) is 0 Å². The number of furan rings is 1. The van der Waals surface area contributed by atoms with Gasteiger partial charge in [-0.25, -0.2) is 4.98 Å². The number of aryl methyl sites for hydroxylation is 1. The topological polar surface area (TPSA) is 31.0 Å². The van der Waals surface area contributed by atoms with Gasteiger partial charge in [-0.1, -0.05) is 109 Å². The van der Waals surface area contributed by atoms with E-state index in [1.165, 1.54) is 16.3 Å². The summed E-state index contributed by atoms with van der Waals surface area (Å²) in [6.07, 6.45) is 1.86. The van der Waals surface area contributed by atoms with E-state index in [4.69, 9.17) is 9.40 Å². The number of aromatic nitrogens is 2. The molecule has 194 valence electrons. The van der Waals surface area contributed by atoms with Gasteiger partial charge in [0.15, 0.2) is 0 Å². The Morgan fingerprint density at radius 1 is 0.585 bits per heavy atom. The van der Waals surface area contributed by atoms with E-state index >= 15 is 0 Å². The van der Waals surface area contributed by atoms with Gasteiger partial charge in [-0.05, 0) is 58.7 Å². The quantitative estimate of drug-likeness (QED) is 0.228. The number of hydrogen-bond acceptors (Lipinski definition) is 2. The van der Waals surface area contributed by atoms with E-state index in [1.807, 2.05) is 6.26 Å². The van der Waals surface area contributed by atoms with Gasteiger partial charge in [-0.15, -0.1) is 0 Å². The SMILES string of the molecule is Cc1cccc2cc3c(-c4nc5ccccc5n4-c4c(-c5ccccc5)cccc4-c4ccccc4)coc3cc12. The van der Waals surface area contributed by atoms with Gasteiger partial charge in [0.05, 0.1) is 22.3 Å². The second kappa shape index (κ2) is 9.35. The van der Waals surface area contributed by atoms with Crippen LogP contribution in [0.4, 0.5) is 0 Å². The first-order chi connectivity index (χ1) is 20.3. The summed E-state index contributed by atoms with van der Waals surface area (Å²) in [5, 5.41) is 3.45. The lowest BCUT2D eigenvalue weighted by molar-refractivity contribution is 0.617. The number of benzene rings is 6. The molecule has 2 aromatic heterocycles. The lowest BCUT2D eigenvalue weighted by Crippen LogP contribution is -2.03. The van der Waals surface area contributed by atoms with E-state index in [1.54, 1.807) is 0 Å². The Labute approximate surface area is 238 Å². The molecule has 8 rings (SSSR count). The zero-order valence-electron chi connectivity index (χ0n) is 22.6. The zero-order valence-corrected chi connectivity index (χ0v) is 22.6. The Morgan fingerprint density at radius 2 is 1.24 bits per heavy atom. The molecule has 3 heteroatoms. The lowest BCUT2D eigenvalue weighted by Gasteiger charge is -2.19. The van der Waals surface area contributed by atoms with Crippen molar-refractivity contribution in [3.63, 3.8) is 0 Å². The fourth-order valence-corrected chi connectivity index (χ4v) is 6.05. The van der Waals surface area contributed by atoms with Crippen LogP contribution in [0, 0.1) is 6.92 Å². The zero-order chi connectivity index (χ0) is 27.3. The van der Waals surface area contributed by atoms with E-state index in [-0.39, 0.29) is 0 Å². The molecule has 0 atom stereocenters. The van der Waals surface area contributed by atoms with Gasteiger partial charge < -0.3 is 4.42 Å². The van der Waals surface area contributed by atoms with Crippen LogP contribution in [0.25, 0.3) is 72.1 Å². The number of imidazole rings is 1. The fourth-order valence-electron chi connectivity index (χ4n) is 6.05. The van der Waals surface area contributed by atoms with E-state index in [9.17, 15) is 0 Å². The second-order valence-corrected chi connectivity index (χ2v) is 10.5. The van der Waals surface area contributed by atoms with Crippen LogP contribution >= 0.6 is 0 Å². The summed E-state index contributed by atoms with van der Waals surface area (Å²) in [5.74, 6) is 0.859. The summed E-state index contributed by atoms with van der Waals surface area (Å²) in [6, 6.07) is 47.0. The van der Waals surface area contributed by atoms with Crippen molar-refractivity contribution in [2.45, 2.75) is 6.92 Å². The largest absolute Gasteiger partial charge is 0.464 e. The van der Waals surface area contributed by atoms with Crippen molar-refractivity contribution < 1.29 is 4.42 Å². The highest BCUT2D eigenvalue weighted by molar-refractivity contribution is 6.04. The summed E-state index contributed by atoms with van der Waals surface area (Å²) >= 11 is 0. The minimum Gasteiger partial charge on any atom is -0.464 e. The Morgan fingerprint density at radius 3 is 1.98 bits per heavy atom. The van der Waals surface area contributed by atoms with Crippen LogP contribution in [0.5, 0.6) is 0 Å². The molecule has 0 aliphatic carbocycles. The van der Waals surface area contributed by atoms with Crippen LogP contribution in [0.15, 0.2) is 144 Å². The molecule has 0 fully saturated rings. The highest BCUT2D eigenvalue weighted by Crippen LogP contribution is 2.42. The van der Waals surface area contributed by atoms with Crippen LogP contribution in [-0.4, -0.2) is 9.55 Å². The van der Waals surface area contributed by atoms with Crippen molar-refractivity contribution in [1.29, 1.82) is 0 Å². The maximum absolute atomic E-state index is 6.23. The first kappa shape index (κ1) is 23.5. The standard InChI is InChI=1S/C38H26N2O/c1-25-12-10-17-28-22-32-33(24-41-36(32)23-31(25)28)38-39-34-20-8-9-21-35(34)40(38)37-29(26-13-4-2-5-14-26)18-11-19-30(37)27-15-6-3-7-16-27/h2-24H,1H3. The Bertz CT molecular complexity index is 2150. The monoisotopic (exact) mass is 526 g/mol. The summed E-state index contributed by atoms with van der Waals surface area (Å²) in [5.41, 5.74) is 10.8. The average molecular weight is 527 g/mol. The highest BCUT2D eigenvalue weighted by atomic mass is 16.3. The van der Waals surface area contributed by atoms with E-state index in [0.29, 0.717) is 0 Å². The van der Waals surface area contributed by atoms with Crippen LogP contribution < -0.4 is 0 Å². The van der Waals surface area contributed by atoms with E-state index in [2.05, 4.69) is 145 Å². The predicted molar refractivity (Wildman–Crippen MR) is 169 cm³/mol. The Kier molecular flexibility index (Phi) is 5.36. The molecule has 0 aliphatic heterocycles. The molecule has 8 aromatic rings. The molecular formula is C38H26N2O. The smallest absolute Gasteiger partial charge is 0.149 e. The molecule has 0 saturated carbocycles. The van der Waals surface area contributed by atoms with Crippen LogP contribution in [-0.2, 0) is 0 Å². The molecule has 0 unspecified atom stereocenters. The molecule has 0 amide bonds. The lowest BCUT2D eigenvalue weighted by atomic mass is 9.95. The molecule has 6 aromatic carbocycles. The molecule has 0 N–H and O–H groups in total. The number of para-hydroxylation sites is 3. The van der Waals surface area contributed by atoms with Gasteiger partial charge in [0.25, 0.3) is 0 Å². The minimum absolute atomic E-state index is 0.859.